The van der Waals surface area contributed by atoms with E-state index in [1.807, 2.05) is 0 Å². The summed E-state index contributed by atoms with van der Waals surface area (Å²) < 4.78 is 2.81. The van der Waals surface area contributed by atoms with Crippen molar-refractivity contribution in [2.24, 2.45) is 0 Å². The Balaban J connectivity index is 2.30. The molecule has 1 nitrogen and oxygen atoms in total. The molecule has 0 unspecified atom stereocenters. The van der Waals surface area contributed by atoms with Crippen molar-refractivity contribution in [3.63, 3.8) is 0 Å². The van der Waals surface area contributed by atoms with Crippen molar-refractivity contribution in [3.8, 4) is 0 Å². The third-order valence-electron chi connectivity index (χ3n) is 2.85. The topological polar surface area (TPSA) is 3.24 Å². The molecule has 0 saturated carbocycles. The van der Waals surface area contributed by atoms with Gasteiger partial charge in [-0.25, -0.2) is 0 Å². The van der Waals surface area contributed by atoms with Gasteiger partial charge in [-0.3, -0.25) is 0 Å². The van der Waals surface area contributed by atoms with E-state index in [4.69, 9.17) is 0 Å². The minimum atomic E-state index is -0.440. The molecule has 66 valence electrons. The molecule has 0 radical (unpaired) electrons. The quantitative estimate of drug-likeness (QED) is 0.589. The van der Waals surface area contributed by atoms with Crippen molar-refractivity contribution >= 4 is 8.96 Å². The van der Waals surface area contributed by atoms with Crippen molar-refractivity contribution in [2.45, 2.75) is 45.2 Å². The maximum absolute atomic E-state index is 2.81. The van der Waals surface area contributed by atoms with Crippen LogP contribution in [0.5, 0.6) is 0 Å². The van der Waals surface area contributed by atoms with Crippen molar-refractivity contribution in [1.82, 2.24) is 4.57 Å². The van der Waals surface area contributed by atoms with Crippen LogP contribution in [-0.2, 0) is 0 Å². The first kappa shape index (κ1) is 9.27. The minimum Gasteiger partial charge on any atom is -0.326 e. The van der Waals surface area contributed by atoms with Gasteiger partial charge in [0.15, 0.2) is 0 Å². The Kier molecular flexibility index (Phi) is 4.16. The smallest absolute Gasteiger partial charge is 0.111 e. The van der Waals surface area contributed by atoms with E-state index in [-0.39, 0.29) is 0 Å². The van der Waals surface area contributed by atoms with Crippen molar-refractivity contribution in [1.29, 1.82) is 0 Å². The first-order valence-corrected chi connectivity index (χ1v) is 7.27. The fraction of sp³-hybridized carbons (Fsp3) is 1.00. The van der Waals surface area contributed by atoms with Crippen LogP contribution in [0.4, 0.5) is 0 Å². The molecule has 11 heavy (non-hydrogen) atoms. The van der Waals surface area contributed by atoms with Crippen molar-refractivity contribution in [2.75, 3.05) is 13.1 Å². The molecule has 1 rings (SSSR count). The van der Waals surface area contributed by atoms with Crippen LogP contribution in [-0.4, -0.2) is 26.6 Å². The van der Waals surface area contributed by atoms with Gasteiger partial charge in [0.25, 0.3) is 0 Å². The molecule has 1 fully saturated rings. The van der Waals surface area contributed by atoms with Gasteiger partial charge in [-0.15, -0.1) is 0 Å². The zero-order chi connectivity index (χ0) is 8.10. The van der Waals surface area contributed by atoms with E-state index in [1.165, 1.54) is 44.4 Å². The molecular weight excluding hydrogens is 150 g/mol. The molecule has 1 aliphatic heterocycles. The van der Waals surface area contributed by atoms with Gasteiger partial charge >= 0.3 is 0 Å². The normalized spacial score (nSPS) is 21.0. The van der Waals surface area contributed by atoms with Gasteiger partial charge in [0, 0.05) is 0 Å². The van der Waals surface area contributed by atoms with Gasteiger partial charge in [0.1, 0.15) is 8.96 Å². The van der Waals surface area contributed by atoms with Crippen LogP contribution in [0, 0.1) is 0 Å². The van der Waals surface area contributed by atoms with Crippen LogP contribution in [0.2, 0.25) is 12.1 Å². The van der Waals surface area contributed by atoms with Crippen molar-refractivity contribution in [3.05, 3.63) is 0 Å². The summed E-state index contributed by atoms with van der Waals surface area (Å²) in [4.78, 5) is 0. The summed E-state index contributed by atoms with van der Waals surface area (Å²) in [6, 6.07) is 2.94. The lowest BCUT2D eigenvalue weighted by molar-refractivity contribution is 0.350. The van der Waals surface area contributed by atoms with E-state index in [0.717, 1.165) is 0 Å². The summed E-state index contributed by atoms with van der Waals surface area (Å²) in [5.74, 6) is 0. The van der Waals surface area contributed by atoms with E-state index >= 15 is 0 Å². The molecule has 0 amide bonds. The molecule has 0 aliphatic carbocycles. The number of hydrogen-bond acceptors (Lipinski definition) is 1. The average molecular weight is 171 g/mol. The molecule has 0 spiro atoms. The second-order valence-electron chi connectivity index (χ2n) is 3.57. The molecule has 0 N–H and O–H groups in total. The zero-order valence-electron chi connectivity index (χ0n) is 7.97. The number of nitrogens with zero attached hydrogens (tertiary/aromatic N) is 1. The van der Waals surface area contributed by atoms with E-state index in [2.05, 4.69) is 18.4 Å². The SMILES string of the molecule is CC[SiH](CC)N1CCCCC1. The number of hydrogen-bond donors (Lipinski definition) is 0. The molecule has 0 atom stereocenters. The Morgan fingerprint density at radius 3 is 2.00 bits per heavy atom. The first-order chi connectivity index (χ1) is 5.38. The Morgan fingerprint density at radius 1 is 1.00 bits per heavy atom. The van der Waals surface area contributed by atoms with Crippen LogP contribution < -0.4 is 0 Å². The lowest BCUT2D eigenvalue weighted by Gasteiger charge is -2.32. The Morgan fingerprint density at radius 2 is 1.55 bits per heavy atom. The maximum atomic E-state index is 2.81. The summed E-state index contributed by atoms with van der Waals surface area (Å²) in [6.07, 6.45) is 4.40. The molecule has 0 aromatic heterocycles. The molecular formula is C9H21NSi. The van der Waals surface area contributed by atoms with Crippen molar-refractivity contribution < 1.29 is 0 Å². The minimum absolute atomic E-state index is 0.440. The van der Waals surface area contributed by atoms with E-state index in [0.29, 0.717) is 0 Å². The second-order valence-corrected chi connectivity index (χ2v) is 7.24. The van der Waals surface area contributed by atoms with Crippen LogP contribution in [0.3, 0.4) is 0 Å². The standard InChI is InChI=1S/C9H21NSi/c1-3-11(4-2)10-8-6-5-7-9-10/h11H,3-9H2,1-2H3. The zero-order valence-corrected chi connectivity index (χ0v) is 9.13. The molecule has 0 bridgehead atoms. The molecule has 0 aromatic rings. The molecule has 1 heterocycles. The third-order valence-corrected chi connectivity index (χ3v) is 6.28. The molecule has 2 heteroatoms. The Hall–Kier alpha value is 0.177. The summed E-state index contributed by atoms with van der Waals surface area (Å²) in [7, 11) is -0.440. The summed E-state index contributed by atoms with van der Waals surface area (Å²) >= 11 is 0. The molecule has 1 aliphatic rings. The molecule has 0 aromatic carbocycles. The first-order valence-electron chi connectivity index (χ1n) is 5.12. The monoisotopic (exact) mass is 171 g/mol. The van der Waals surface area contributed by atoms with Gasteiger partial charge in [0.2, 0.25) is 0 Å². The summed E-state index contributed by atoms with van der Waals surface area (Å²) in [6.45, 7) is 7.57. The Bertz CT molecular complexity index is 95.7. The van der Waals surface area contributed by atoms with Gasteiger partial charge in [-0.1, -0.05) is 20.3 Å². The van der Waals surface area contributed by atoms with Crippen LogP contribution >= 0.6 is 0 Å². The predicted molar refractivity (Wildman–Crippen MR) is 53.5 cm³/mol. The molecule has 1 saturated heterocycles. The number of piperidine rings is 1. The maximum Gasteiger partial charge on any atom is 0.111 e. The highest BCUT2D eigenvalue weighted by molar-refractivity contribution is 6.55. The largest absolute Gasteiger partial charge is 0.326 e. The van der Waals surface area contributed by atoms with E-state index in [9.17, 15) is 0 Å². The lowest BCUT2D eigenvalue weighted by Crippen LogP contribution is -2.41. The highest BCUT2D eigenvalue weighted by atomic mass is 28.3. The Labute approximate surface area is 72.5 Å². The fourth-order valence-corrected chi connectivity index (χ4v) is 4.79. The predicted octanol–water partition coefficient (Wildman–Crippen LogP) is 2.24. The summed E-state index contributed by atoms with van der Waals surface area (Å²) in [5, 5.41) is 0. The lowest BCUT2D eigenvalue weighted by atomic mass is 10.2. The third kappa shape index (κ3) is 2.60. The highest BCUT2D eigenvalue weighted by Crippen LogP contribution is 2.14. The second kappa shape index (κ2) is 4.94. The van der Waals surface area contributed by atoms with Crippen LogP contribution in [0.1, 0.15) is 33.1 Å². The van der Waals surface area contributed by atoms with Gasteiger partial charge in [-0.05, 0) is 38.0 Å². The van der Waals surface area contributed by atoms with E-state index < -0.39 is 8.96 Å². The van der Waals surface area contributed by atoms with Crippen LogP contribution in [0.15, 0.2) is 0 Å². The number of rotatable bonds is 3. The van der Waals surface area contributed by atoms with E-state index in [1.54, 1.807) is 0 Å². The van der Waals surface area contributed by atoms with Gasteiger partial charge in [0.05, 0.1) is 0 Å². The summed E-state index contributed by atoms with van der Waals surface area (Å²) in [5.41, 5.74) is 0. The average Bonchev–Trinajstić information content (AvgIpc) is 2.09. The van der Waals surface area contributed by atoms with Crippen LogP contribution in [0.25, 0.3) is 0 Å². The fourth-order valence-electron chi connectivity index (χ4n) is 2.09. The van der Waals surface area contributed by atoms with Gasteiger partial charge in [-0.2, -0.15) is 0 Å². The van der Waals surface area contributed by atoms with Gasteiger partial charge < -0.3 is 4.57 Å². The highest BCUT2D eigenvalue weighted by Gasteiger charge is 2.17.